The summed E-state index contributed by atoms with van der Waals surface area (Å²) in [6.07, 6.45) is 2.08. The first-order chi connectivity index (χ1) is 18.3. The summed E-state index contributed by atoms with van der Waals surface area (Å²) in [7, 11) is 0. The summed E-state index contributed by atoms with van der Waals surface area (Å²) in [6, 6.07) is 45.9. The fourth-order valence-corrected chi connectivity index (χ4v) is 4.91. The molecule has 37 heavy (non-hydrogen) atoms. The molecule has 0 N–H and O–H groups in total. The number of imidazole rings is 1. The lowest BCUT2D eigenvalue weighted by Gasteiger charge is -2.12. The first kappa shape index (κ1) is 23.0. The second kappa shape index (κ2) is 10.3. The fraction of sp³-hybridized carbons (Fsp3) is 0. The Labute approximate surface area is 225 Å². The molecule has 2 aromatic heterocycles. The van der Waals surface area contributed by atoms with Gasteiger partial charge in [0.05, 0.1) is 17.0 Å². The van der Waals surface area contributed by atoms with Gasteiger partial charge >= 0.3 is 0 Å². The van der Waals surface area contributed by atoms with E-state index in [4.69, 9.17) is 4.98 Å². The molecule has 0 saturated heterocycles. The molecule has 2 nitrogen and oxygen atoms in total. The zero-order valence-corrected chi connectivity index (χ0v) is 21.6. The van der Waals surface area contributed by atoms with E-state index in [2.05, 4.69) is 129 Å². The fourth-order valence-electron chi connectivity index (χ4n) is 4.57. The van der Waals surface area contributed by atoms with Crippen LogP contribution < -0.4 is 0 Å². The Balaban J connectivity index is 1.78. The molecule has 0 spiro atoms. The SMILES string of the molecule is Brc1ccc2nc(-c3ccccc3)c(C(=C=C(c3ccccc3)c3ccccc3)c3ccccc3)n2c1. The minimum absolute atomic E-state index is 0.883. The van der Waals surface area contributed by atoms with Crippen LogP contribution in [0.5, 0.6) is 0 Å². The third-order valence-electron chi connectivity index (χ3n) is 6.30. The largest absolute Gasteiger partial charge is 0.297 e. The predicted octanol–water partition coefficient (Wildman–Crippen LogP) is 8.93. The molecule has 0 aliphatic carbocycles. The van der Waals surface area contributed by atoms with Gasteiger partial charge in [0.1, 0.15) is 5.65 Å². The first-order valence-corrected chi connectivity index (χ1v) is 13.0. The Morgan fingerprint density at radius 2 is 1.05 bits per heavy atom. The zero-order valence-electron chi connectivity index (χ0n) is 20.1. The molecule has 0 radical (unpaired) electrons. The molecule has 2 heterocycles. The molecule has 0 aliphatic rings. The van der Waals surface area contributed by atoms with Gasteiger partial charge in [0.2, 0.25) is 0 Å². The minimum atomic E-state index is 0.883. The van der Waals surface area contributed by atoms with Crippen molar-refractivity contribution in [1.29, 1.82) is 0 Å². The topological polar surface area (TPSA) is 17.3 Å². The molecule has 176 valence electrons. The average molecular weight is 539 g/mol. The van der Waals surface area contributed by atoms with Gasteiger partial charge < -0.3 is 0 Å². The van der Waals surface area contributed by atoms with Crippen molar-refractivity contribution in [2.45, 2.75) is 0 Å². The highest BCUT2D eigenvalue weighted by molar-refractivity contribution is 9.10. The van der Waals surface area contributed by atoms with E-state index in [0.717, 1.165) is 54.9 Å². The summed E-state index contributed by atoms with van der Waals surface area (Å²) in [5, 5.41) is 0. The molecular weight excluding hydrogens is 516 g/mol. The molecular formula is C34H23BrN2. The van der Waals surface area contributed by atoms with Crippen LogP contribution in [0, 0.1) is 0 Å². The molecule has 0 amide bonds. The number of pyridine rings is 1. The molecule has 4 aromatic carbocycles. The van der Waals surface area contributed by atoms with Gasteiger partial charge in [0, 0.05) is 21.8 Å². The van der Waals surface area contributed by atoms with Crippen LogP contribution in [-0.2, 0) is 0 Å². The second-order valence-electron chi connectivity index (χ2n) is 8.72. The minimum Gasteiger partial charge on any atom is -0.297 e. The van der Waals surface area contributed by atoms with Crippen molar-refractivity contribution in [3.63, 3.8) is 0 Å². The summed E-state index contributed by atoms with van der Waals surface area (Å²) in [6.45, 7) is 0. The van der Waals surface area contributed by atoms with Crippen LogP contribution in [0.25, 0.3) is 28.1 Å². The first-order valence-electron chi connectivity index (χ1n) is 12.2. The second-order valence-corrected chi connectivity index (χ2v) is 9.64. The quantitative estimate of drug-likeness (QED) is 0.200. The van der Waals surface area contributed by atoms with Gasteiger partial charge in [-0.3, -0.25) is 4.40 Å². The number of hydrogen-bond acceptors (Lipinski definition) is 1. The molecule has 0 bridgehead atoms. The summed E-state index contributed by atoms with van der Waals surface area (Å²) in [5.74, 6) is 0. The molecule has 0 saturated carbocycles. The van der Waals surface area contributed by atoms with E-state index in [-0.39, 0.29) is 0 Å². The predicted molar refractivity (Wildman–Crippen MR) is 156 cm³/mol. The van der Waals surface area contributed by atoms with Crippen LogP contribution in [0.2, 0.25) is 0 Å². The van der Waals surface area contributed by atoms with Crippen LogP contribution in [0.1, 0.15) is 22.4 Å². The Kier molecular flexibility index (Phi) is 6.39. The molecule has 0 atom stereocenters. The molecule has 6 rings (SSSR count). The van der Waals surface area contributed by atoms with Gasteiger partial charge in [-0.15, -0.1) is 5.73 Å². The molecule has 0 fully saturated rings. The van der Waals surface area contributed by atoms with Crippen LogP contribution in [-0.4, -0.2) is 9.38 Å². The average Bonchev–Trinajstić information content (AvgIpc) is 3.34. The lowest BCUT2D eigenvalue weighted by Crippen LogP contribution is -1.97. The van der Waals surface area contributed by atoms with Crippen molar-refractivity contribution in [1.82, 2.24) is 9.38 Å². The van der Waals surface area contributed by atoms with Crippen LogP contribution in [0.15, 0.2) is 150 Å². The van der Waals surface area contributed by atoms with Crippen molar-refractivity contribution >= 4 is 32.7 Å². The van der Waals surface area contributed by atoms with Gasteiger partial charge in [-0.05, 0) is 44.8 Å². The van der Waals surface area contributed by atoms with Crippen LogP contribution >= 0.6 is 15.9 Å². The Bertz CT molecular complexity index is 1690. The van der Waals surface area contributed by atoms with Gasteiger partial charge in [-0.2, -0.15) is 0 Å². The third-order valence-corrected chi connectivity index (χ3v) is 6.77. The van der Waals surface area contributed by atoms with Crippen molar-refractivity contribution < 1.29 is 0 Å². The van der Waals surface area contributed by atoms with E-state index >= 15 is 0 Å². The van der Waals surface area contributed by atoms with Gasteiger partial charge in [-0.1, -0.05) is 121 Å². The molecule has 0 aliphatic heterocycles. The smallest absolute Gasteiger partial charge is 0.138 e. The maximum Gasteiger partial charge on any atom is 0.138 e. The number of hydrogen-bond donors (Lipinski definition) is 0. The normalized spacial score (nSPS) is 10.7. The number of rotatable bonds is 5. The van der Waals surface area contributed by atoms with Crippen LogP contribution in [0.3, 0.4) is 0 Å². The number of aromatic nitrogens is 2. The van der Waals surface area contributed by atoms with E-state index in [1.807, 2.05) is 36.4 Å². The van der Waals surface area contributed by atoms with Gasteiger partial charge in [-0.25, -0.2) is 4.98 Å². The lowest BCUT2D eigenvalue weighted by molar-refractivity contribution is 1.15. The molecule has 6 aromatic rings. The Morgan fingerprint density at radius 3 is 1.59 bits per heavy atom. The van der Waals surface area contributed by atoms with Crippen molar-refractivity contribution in [3.05, 3.63) is 172 Å². The number of fused-ring (bicyclic) bond motifs is 1. The van der Waals surface area contributed by atoms with E-state index in [0.29, 0.717) is 0 Å². The zero-order chi connectivity index (χ0) is 25.0. The number of benzene rings is 4. The highest BCUT2D eigenvalue weighted by Crippen LogP contribution is 2.35. The van der Waals surface area contributed by atoms with Gasteiger partial charge in [0.15, 0.2) is 0 Å². The van der Waals surface area contributed by atoms with E-state index < -0.39 is 0 Å². The maximum absolute atomic E-state index is 5.10. The molecule has 0 unspecified atom stereocenters. The Hall–Kier alpha value is -4.43. The summed E-state index contributed by atoms with van der Waals surface area (Å²) < 4.78 is 3.15. The molecule has 3 heteroatoms. The Morgan fingerprint density at radius 1 is 0.568 bits per heavy atom. The van der Waals surface area contributed by atoms with Crippen LogP contribution in [0.4, 0.5) is 0 Å². The number of halogens is 1. The summed E-state index contributed by atoms with van der Waals surface area (Å²) >= 11 is 3.68. The standard InChI is InChI=1S/C34H23BrN2/c35-29-21-22-32-36-33(28-19-11-4-12-20-28)34(37(32)24-29)31(27-17-9-3-10-18-27)23-30(25-13-5-1-6-14-25)26-15-7-2-8-16-26/h1-22,24H. The van der Waals surface area contributed by atoms with E-state index in [1.165, 1.54) is 0 Å². The number of nitrogens with zero attached hydrogens (tertiary/aromatic N) is 2. The van der Waals surface area contributed by atoms with E-state index in [1.54, 1.807) is 0 Å². The highest BCUT2D eigenvalue weighted by atomic mass is 79.9. The third kappa shape index (κ3) is 4.71. The summed E-state index contributed by atoms with van der Waals surface area (Å²) in [4.78, 5) is 5.10. The lowest BCUT2D eigenvalue weighted by atomic mass is 9.94. The van der Waals surface area contributed by atoms with E-state index in [9.17, 15) is 0 Å². The highest BCUT2D eigenvalue weighted by Gasteiger charge is 2.20. The van der Waals surface area contributed by atoms with Crippen molar-refractivity contribution in [3.8, 4) is 11.3 Å². The van der Waals surface area contributed by atoms with Gasteiger partial charge in [0.25, 0.3) is 0 Å². The van der Waals surface area contributed by atoms with Crippen molar-refractivity contribution in [2.24, 2.45) is 0 Å². The monoisotopic (exact) mass is 538 g/mol. The van der Waals surface area contributed by atoms with Crippen molar-refractivity contribution in [2.75, 3.05) is 0 Å². The maximum atomic E-state index is 5.10. The summed E-state index contributed by atoms with van der Waals surface area (Å²) in [5.41, 5.74) is 13.1.